The van der Waals surface area contributed by atoms with E-state index in [-0.39, 0.29) is 5.92 Å². The van der Waals surface area contributed by atoms with Gasteiger partial charge in [0.2, 0.25) is 0 Å². The molecule has 0 bridgehead atoms. The summed E-state index contributed by atoms with van der Waals surface area (Å²) < 4.78 is 0. The Balaban J connectivity index is 2.08. The fourth-order valence-electron chi connectivity index (χ4n) is 2.51. The van der Waals surface area contributed by atoms with Crippen LogP contribution in [0.5, 0.6) is 0 Å². The fraction of sp³-hybridized carbons (Fsp3) is 0.500. The second kappa shape index (κ2) is 4.61. The summed E-state index contributed by atoms with van der Waals surface area (Å²) >= 11 is 0. The summed E-state index contributed by atoms with van der Waals surface area (Å²) in [4.78, 5) is 12.1. The van der Waals surface area contributed by atoms with Gasteiger partial charge in [0.15, 0.2) is 5.78 Å². The Morgan fingerprint density at radius 1 is 1.20 bits per heavy atom. The van der Waals surface area contributed by atoms with Gasteiger partial charge in [0.05, 0.1) is 0 Å². The third kappa shape index (κ3) is 2.47. The SMILES string of the molecule is C[C@@H]1CCC[C@H](C(=O)c2ccccc2)C1. The number of ketones is 1. The Morgan fingerprint density at radius 2 is 1.93 bits per heavy atom. The number of carbonyl (C=O) groups is 1. The summed E-state index contributed by atoms with van der Waals surface area (Å²) in [6.45, 7) is 2.25. The number of hydrogen-bond acceptors (Lipinski definition) is 1. The number of benzene rings is 1. The van der Waals surface area contributed by atoms with Crippen molar-refractivity contribution >= 4 is 5.78 Å². The molecular weight excluding hydrogens is 184 g/mol. The van der Waals surface area contributed by atoms with Crippen molar-refractivity contribution in [2.24, 2.45) is 11.8 Å². The normalized spacial score (nSPS) is 26.2. The third-order valence-corrected chi connectivity index (χ3v) is 3.37. The highest BCUT2D eigenvalue weighted by atomic mass is 16.1. The maximum Gasteiger partial charge on any atom is 0.165 e. The van der Waals surface area contributed by atoms with E-state index in [1.165, 1.54) is 12.8 Å². The van der Waals surface area contributed by atoms with Gasteiger partial charge in [-0.25, -0.2) is 0 Å². The molecule has 0 aliphatic heterocycles. The van der Waals surface area contributed by atoms with E-state index >= 15 is 0 Å². The van der Waals surface area contributed by atoms with Crippen LogP contribution in [0, 0.1) is 11.8 Å². The van der Waals surface area contributed by atoms with Gasteiger partial charge in [0.25, 0.3) is 0 Å². The minimum Gasteiger partial charge on any atom is -0.294 e. The van der Waals surface area contributed by atoms with Crippen LogP contribution < -0.4 is 0 Å². The van der Waals surface area contributed by atoms with E-state index in [0.717, 1.165) is 24.3 Å². The molecule has 0 saturated heterocycles. The summed E-state index contributed by atoms with van der Waals surface area (Å²) in [5.74, 6) is 1.34. The van der Waals surface area contributed by atoms with E-state index in [9.17, 15) is 4.79 Å². The lowest BCUT2D eigenvalue weighted by Gasteiger charge is -2.25. The third-order valence-electron chi connectivity index (χ3n) is 3.37. The van der Waals surface area contributed by atoms with Gasteiger partial charge in [0.1, 0.15) is 0 Å². The van der Waals surface area contributed by atoms with Crippen molar-refractivity contribution in [1.29, 1.82) is 0 Å². The lowest BCUT2D eigenvalue weighted by molar-refractivity contribution is 0.0868. The maximum absolute atomic E-state index is 12.1. The zero-order valence-corrected chi connectivity index (χ0v) is 9.28. The van der Waals surface area contributed by atoms with Crippen molar-refractivity contribution in [3.63, 3.8) is 0 Å². The van der Waals surface area contributed by atoms with Crippen LogP contribution >= 0.6 is 0 Å². The Labute approximate surface area is 91.5 Å². The Bertz CT molecular complexity index is 328. The molecule has 2 atom stereocenters. The van der Waals surface area contributed by atoms with Crippen LogP contribution in [0.4, 0.5) is 0 Å². The molecule has 0 amide bonds. The zero-order valence-electron chi connectivity index (χ0n) is 9.28. The fourth-order valence-corrected chi connectivity index (χ4v) is 2.51. The highest BCUT2D eigenvalue weighted by molar-refractivity contribution is 5.97. The standard InChI is InChI=1S/C14H18O/c1-11-6-5-9-13(10-11)14(15)12-7-3-2-4-8-12/h2-4,7-8,11,13H,5-6,9-10H2,1H3/t11-,13+/m1/s1. The second-order valence-corrected chi connectivity index (χ2v) is 4.70. The predicted octanol–water partition coefficient (Wildman–Crippen LogP) is 3.70. The van der Waals surface area contributed by atoms with Gasteiger partial charge in [-0.15, -0.1) is 0 Å². The molecule has 1 nitrogen and oxygen atoms in total. The van der Waals surface area contributed by atoms with E-state index in [2.05, 4.69) is 6.92 Å². The van der Waals surface area contributed by atoms with Crippen LogP contribution in [0.25, 0.3) is 0 Å². The Morgan fingerprint density at radius 3 is 2.60 bits per heavy atom. The van der Waals surface area contributed by atoms with E-state index in [0.29, 0.717) is 5.78 Å². The van der Waals surface area contributed by atoms with Crippen LogP contribution in [-0.2, 0) is 0 Å². The minimum atomic E-state index is 0.274. The molecule has 1 fully saturated rings. The molecule has 0 aromatic heterocycles. The van der Waals surface area contributed by atoms with Gasteiger partial charge in [0, 0.05) is 11.5 Å². The van der Waals surface area contributed by atoms with Crippen molar-refractivity contribution < 1.29 is 4.79 Å². The molecule has 0 unspecified atom stereocenters. The summed E-state index contributed by atoms with van der Waals surface area (Å²) in [5, 5.41) is 0. The van der Waals surface area contributed by atoms with Gasteiger partial charge in [-0.1, -0.05) is 50.1 Å². The number of hydrogen-bond donors (Lipinski definition) is 0. The first-order valence-electron chi connectivity index (χ1n) is 5.86. The van der Waals surface area contributed by atoms with Gasteiger partial charge in [-0.3, -0.25) is 4.79 Å². The molecule has 0 spiro atoms. The largest absolute Gasteiger partial charge is 0.294 e. The molecule has 0 radical (unpaired) electrons. The average molecular weight is 202 g/mol. The van der Waals surface area contributed by atoms with Crippen LogP contribution in [0.2, 0.25) is 0 Å². The van der Waals surface area contributed by atoms with E-state index in [1.54, 1.807) is 0 Å². The molecular formula is C14H18O. The topological polar surface area (TPSA) is 17.1 Å². The Hall–Kier alpha value is -1.11. The molecule has 1 heteroatoms. The van der Waals surface area contributed by atoms with Gasteiger partial charge >= 0.3 is 0 Å². The van der Waals surface area contributed by atoms with E-state index in [4.69, 9.17) is 0 Å². The quantitative estimate of drug-likeness (QED) is 0.668. The molecule has 80 valence electrons. The lowest BCUT2D eigenvalue weighted by Crippen LogP contribution is -2.21. The summed E-state index contributed by atoms with van der Waals surface area (Å²) in [6, 6.07) is 9.71. The molecule has 0 heterocycles. The highest BCUT2D eigenvalue weighted by Crippen LogP contribution is 2.30. The first-order chi connectivity index (χ1) is 7.27. The second-order valence-electron chi connectivity index (χ2n) is 4.70. The monoisotopic (exact) mass is 202 g/mol. The molecule has 2 rings (SSSR count). The van der Waals surface area contributed by atoms with Crippen molar-refractivity contribution in [2.75, 3.05) is 0 Å². The highest BCUT2D eigenvalue weighted by Gasteiger charge is 2.25. The van der Waals surface area contributed by atoms with Crippen LogP contribution in [-0.4, -0.2) is 5.78 Å². The van der Waals surface area contributed by atoms with Crippen molar-refractivity contribution in [3.05, 3.63) is 35.9 Å². The van der Waals surface area contributed by atoms with Gasteiger partial charge in [-0.2, -0.15) is 0 Å². The molecule has 1 aromatic rings. The molecule has 0 N–H and O–H groups in total. The average Bonchev–Trinajstić information content (AvgIpc) is 2.29. The van der Waals surface area contributed by atoms with Crippen LogP contribution in [0.15, 0.2) is 30.3 Å². The molecule has 15 heavy (non-hydrogen) atoms. The van der Waals surface area contributed by atoms with E-state index in [1.807, 2.05) is 30.3 Å². The van der Waals surface area contributed by atoms with E-state index < -0.39 is 0 Å². The number of carbonyl (C=O) groups excluding carboxylic acids is 1. The van der Waals surface area contributed by atoms with Crippen molar-refractivity contribution in [1.82, 2.24) is 0 Å². The Kier molecular flexibility index (Phi) is 3.20. The first-order valence-corrected chi connectivity index (χ1v) is 5.86. The predicted molar refractivity (Wildman–Crippen MR) is 61.9 cm³/mol. The summed E-state index contributed by atoms with van der Waals surface area (Å²) in [7, 11) is 0. The molecule has 1 saturated carbocycles. The molecule has 1 aliphatic rings. The van der Waals surface area contributed by atoms with Crippen molar-refractivity contribution in [2.45, 2.75) is 32.6 Å². The van der Waals surface area contributed by atoms with Gasteiger partial charge < -0.3 is 0 Å². The van der Waals surface area contributed by atoms with Gasteiger partial charge in [-0.05, 0) is 18.8 Å². The maximum atomic E-state index is 12.1. The smallest absolute Gasteiger partial charge is 0.165 e. The molecule has 1 aromatic carbocycles. The van der Waals surface area contributed by atoms with Crippen LogP contribution in [0.3, 0.4) is 0 Å². The summed E-state index contributed by atoms with van der Waals surface area (Å²) in [6.07, 6.45) is 4.66. The van der Waals surface area contributed by atoms with Crippen molar-refractivity contribution in [3.8, 4) is 0 Å². The first kappa shape index (κ1) is 10.4. The number of rotatable bonds is 2. The summed E-state index contributed by atoms with van der Waals surface area (Å²) in [5.41, 5.74) is 0.886. The molecule has 1 aliphatic carbocycles. The number of Topliss-reactive ketones (excluding diaryl/α,β-unsaturated/α-hetero) is 1. The zero-order chi connectivity index (χ0) is 10.7. The van der Waals surface area contributed by atoms with Crippen LogP contribution in [0.1, 0.15) is 43.0 Å². The lowest BCUT2D eigenvalue weighted by atomic mass is 9.79. The minimum absolute atomic E-state index is 0.274.